The first kappa shape index (κ1) is 21.8. The van der Waals surface area contributed by atoms with E-state index in [9.17, 15) is 9.59 Å². The molecule has 6 nitrogen and oxygen atoms in total. The number of unbranched alkanes of at least 4 members (excludes halogenated alkanes) is 3. The van der Waals surface area contributed by atoms with Gasteiger partial charge in [-0.25, -0.2) is 0 Å². The maximum absolute atomic E-state index is 12.3. The van der Waals surface area contributed by atoms with Crippen molar-refractivity contribution in [2.45, 2.75) is 32.6 Å². The van der Waals surface area contributed by atoms with Crippen molar-refractivity contribution in [3.63, 3.8) is 0 Å². The van der Waals surface area contributed by atoms with Crippen LogP contribution in [0.25, 0.3) is 0 Å². The summed E-state index contributed by atoms with van der Waals surface area (Å²) in [7, 11) is 1.48. The Morgan fingerprint density at radius 2 is 1.68 bits per heavy atom. The van der Waals surface area contributed by atoms with Gasteiger partial charge in [0.15, 0.2) is 0 Å². The molecule has 2 amide bonds. The quantitative estimate of drug-likeness (QED) is 0.437. The van der Waals surface area contributed by atoms with Gasteiger partial charge in [0.25, 0.3) is 11.8 Å². The van der Waals surface area contributed by atoms with Crippen LogP contribution in [-0.4, -0.2) is 25.5 Å². The lowest BCUT2D eigenvalue weighted by Gasteiger charge is -2.11. The zero-order valence-corrected chi connectivity index (χ0v) is 17.7. The molecule has 150 valence electrons. The minimum absolute atomic E-state index is 0.309. The first-order valence-corrected chi connectivity index (χ1v) is 10.0. The van der Waals surface area contributed by atoms with Crippen molar-refractivity contribution < 1.29 is 19.1 Å². The number of ether oxygens (including phenoxy) is 2. The van der Waals surface area contributed by atoms with Crippen LogP contribution in [0.5, 0.6) is 11.5 Å². The first-order valence-electron chi connectivity index (χ1n) is 9.22. The Morgan fingerprint density at radius 1 is 0.964 bits per heavy atom. The summed E-state index contributed by atoms with van der Waals surface area (Å²) >= 11 is 3.31. The molecule has 0 atom stereocenters. The summed E-state index contributed by atoms with van der Waals surface area (Å²) in [5, 5.41) is 0. The summed E-state index contributed by atoms with van der Waals surface area (Å²) in [5.41, 5.74) is 5.53. The van der Waals surface area contributed by atoms with Crippen LogP contribution >= 0.6 is 15.9 Å². The SMILES string of the molecule is CCCCCCOc1ccc(C(=O)NNC(=O)c2cc(Br)ccc2OC)cc1. The van der Waals surface area contributed by atoms with Crippen molar-refractivity contribution >= 4 is 27.7 Å². The highest BCUT2D eigenvalue weighted by Crippen LogP contribution is 2.22. The molecular weight excluding hydrogens is 424 g/mol. The van der Waals surface area contributed by atoms with Crippen molar-refractivity contribution in [3.05, 3.63) is 58.1 Å². The molecule has 0 aliphatic rings. The zero-order valence-electron chi connectivity index (χ0n) is 16.1. The Hall–Kier alpha value is -2.54. The van der Waals surface area contributed by atoms with Crippen LogP contribution in [0, 0.1) is 0 Å². The summed E-state index contributed by atoms with van der Waals surface area (Å²) in [4.78, 5) is 24.6. The zero-order chi connectivity index (χ0) is 20.4. The molecule has 2 aromatic carbocycles. The normalized spacial score (nSPS) is 10.2. The van der Waals surface area contributed by atoms with Gasteiger partial charge in [0.2, 0.25) is 0 Å². The average Bonchev–Trinajstić information content (AvgIpc) is 2.72. The molecule has 0 heterocycles. The van der Waals surface area contributed by atoms with Crippen LogP contribution in [0.2, 0.25) is 0 Å². The van der Waals surface area contributed by atoms with Crippen LogP contribution in [0.3, 0.4) is 0 Å². The number of benzene rings is 2. The van der Waals surface area contributed by atoms with Crippen molar-refractivity contribution in [1.82, 2.24) is 10.9 Å². The fourth-order valence-electron chi connectivity index (χ4n) is 2.53. The molecular formula is C21H25BrN2O4. The number of amides is 2. The van der Waals surface area contributed by atoms with Gasteiger partial charge in [-0.3, -0.25) is 20.4 Å². The highest BCUT2D eigenvalue weighted by molar-refractivity contribution is 9.10. The van der Waals surface area contributed by atoms with Crippen molar-refractivity contribution in [3.8, 4) is 11.5 Å². The number of rotatable bonds is 9. The van der Waals surface area contributed by atoms with E-state index in [1.807, 2.05) is 0 Å². The molecule has 2 rings (SSSR count). The minimum Gasteiger partial charge on any atom is -0.496 e. The molecule has 0 aromatic heterocycles. The van der Waals surface area contributed by atoms with Gasteiger partial charge in [0, 0.05) is 10.0 Å². The average molecular weight is 449 g/mol. The molecule has 0 aliphatic carbocycles. The Kier molecular flexibility index (Phi) is 8.81. The topological polar surface area (TPSA) is 76.7 Å². The third-order valence-corrected chi connectivity index (χ3v) is 4.57. The Labute approximate surface area is 173 Å². The second-order valence-corrected chi connectivity index (χ2v) is 7.10. The van der Waals surface area contributed by atoms with Crippen molar-refractivity contribution in [2.75, 3.05) is 13.7 Å². The predicted molar refractivity (Wildman–Crippen MR) is 112 cm³/mol. The van der Waals surface area contributed by atoms with E-state index in [0.717, 1.165) is 23.1 Å². The number of carbonyl (C=O) groups is 2. The second kappa shape index (κ2) is 11.3. The molecule has 0 radical (unpaired) electrons. The summed E-state index contributed by atoms with van der Waals surface area (Å²) in [6.45, 7) is 2.83. The van der Waals surface area contributed by atoms with Gasteiger partial charge in [-0.15, -0.1) is 0 Å². The molecule has 0 spiro atoms. The van der Waals surface area contributed by atoms with Gasteiger partial charge in [0.05, 0.1) is 19.3 Å². The number of carbonyl (C=O) groups excluding carboxylic acids is 2. The number of methoxy groups -OCH3 is 1. The van der Waals surface area contributed by atoms with E-state index in [2.05, 4.69) is 33.7 Å². The summed E-state index contributed by atoms with van der Waals surface area (Å²) in [6.07, 6.45) is 4.56. The number of nitrogens with one attached hydrogen (secondary N) is 2. The lowest BCUT2D eigenvalue weighted by Crippen LogP contribution is -2.41. The molecule has 0 unspecified atom stereocenters. The standard InChI is InChI=1S/C21H25BrN2O4/c1-3-4-5-6-13-28-17-10-7-15(8-11-17)20(25)23-24-21(26)18-14-16(22)9-12-19(18)27-2/h7-12,14H,3-6,13H2,1-2H3,(H,23,25)(H,24,26). The van der Waals surface area contributed by atoms with Gasteiger partial charge in [-0.2, -0.15) is 0 Å². The maximum Gasteiger partial charge on any atom is 0.273 e. The fourth-order valence-corrected chi connectivity index (χ4v) is 2.89. The summed E-state index contributed by atoms with van der Waals surface area (Å²) in [6, 6.07) is 11.9. The first-order chi connectivity index (χ1) is 13.5. The maximum atomic E-state index is 12.3. The van der Waals surface area contributed by atoms with Crippen LogP contribution < -0.4 is 20.3 Å². The van der Waals surface area contributed by atoms with E-state index in [-0.39, 0.29) is 0 Å². The van der Waals surface area contributed by atoms with Crippen LogP contribution in [0.1, 0.15) is 53.3 Å². The molecule has 0 aliphatic heterocycles. The lowest BCUT2D eigenvalue weighted by atomic mass is 10.2. The molecule has 0 bridgehead atoms. The van der Waals surface area contributed by atoms with Gasteiger partial charge < -0.3 is 9.47 Å². The Balaban J connectivity index is 1.86. The smallest absolute Gasteiger partial charge is 0.273 e. The van der Waals surface area contributed by atoms with Gasteiger partial charge in [-0.05, 0) is 48.9 Å². The fraction of sp³-hybridized carbons (Fsp3) is 0.333. The molecule has 7 heteroatoms. The highest BCUT2D eigenvalue weighted by atomic mass is 79.9. The molecule has 28 heavy (non-hydrogen) atoms. The van der Waals surface area contributed by atoms with Gasteiger partial charge in [-0.1, -0.05) is 42.1 Å². The lowest BCUT2D eigenvalue weighted by molar-refractivity contribution is 0.0845. The number of hydrazine groups is 1. The minimum atomic E-state index is -0.474. The van der Waals surface area contributed by atoms with E-state index < -0.39 is 11.8 Å². The molecule has 0 saturated heterocycles. The Bertz CT molecular complexity index is 793. The number of hydrogen-bond donors (Lipinski definition) is 2. The predicted octanol–water partition coefficient (Wildman–Crippen LogP) is 4.49. The van der Waals surface area contributed by atoms with Crippen molar-refractivity contribution in [2.24, 2.45) is 0 Å². The van der Waals surface area contributed by atoms with Crippen molar-refractivity contribution in [1.29, 1.82) is 0 Å². The third kappa shape index (κ3) is 6.56. The molecule has 2 N–H and O–H groups in total. The number of halogens is 1. The van der Waals surface area contributed by atoms with Gasteiger partial charge >= 0.3 is 0 Å². The third-order valence-electron chi connectivity index (χ3n) is 4.08. The van der Waals surface area contributed by atoms with Crippen LogP contribution in [-0.2, 0) is 0 Å². The van der Waals surface area contributed by atoms with E-state index in [0.29, 0.717) is 23.5 Å². The highest BCUT2D eigenvalue weighted by Gasteiger charge is 2.14. The van der Waals surface area contributed by atoms with E-state index in [1.54, 1.807) is 42.5 Å². The van der Waals surface area contributed by atoms with Crippen LogP contribution in [0.4, 0.5) is 0 Å². The van der Waals surface area contributed by atoms with E-state index in [4.69, 9.17) is 9.47 Å². The largest absolute Gasteiger partial charge is 0.496 e. The molecule has 2 aromatic rings. The molecule has 0 saturated carbocycles. The summed E-state index contributed by atoms with van der Waals surface area (Å²) in [5.74, 6) is 0.238. The summed E-state index contributed by atoms with van der Waals surface area (Å²) < 4.78 is 11.6. The monoisotopic (exact) mass is 448 g/mol. The van der Waals surface area contributed by atoms with Crippen LogP contribution in [0.15, 0.2) is 46.9 Å². The molecule has 0 fully saturated rings. The second-order valence-electron chi connectivity index (χ2n) is 6.19. The van der Waals surface area contributed by atoms with E-state index >= 15 is 0 Å². The number of hydrogen-bond acceptors (Lipinski definition) is 4. The van der Waals surface area contributed by atoms with Gasteiger partial charge in [0.1, 0.15) is 11.5 Å². The Morgan fingerprint density at radius 3 is 2.36 bits per heavy atom. The van der Waals surface area contributed by atoms with E-state index in [1.165, 1.54) is 20.0 Å².